The van der Waals surface area contributed by atoms with Crippen molar-refractivity contribution < 1.29 is 32.6 Å². The molecule has 3 aromatic rings. The molecular weight excluding hydrogens is 539 g/mol. The minimum Gasteiger partial charge on any atom is -0.389 e. The van der Waals surface area contributed by atoms with Gasteiger partial charge in [0.05, 0.1) is 24.5 Å². The number of alkyl halides is 3. The first kappa shape index (κ1) is 28.7. The highest BCUT2D eigenvalue weighted by Gasteiger charge is 2.30. The van der Waals surface area contributed by atoms with E-state index in [1.807, 2.05) is 0 Å². The van der Waals surface area contributed by atoms with Crippen LogP contribution >= 0.6 is 11.3 Å². The van der Waals surface area contributed by atoms with Gasteiger partial charge in [-0.25, -0.2) is 9.59 Å². The van der Waals surface area contributed by atoms with E-state index in [0.717, 1.165) is 30.5 Å². The largest absolute Gasteiger partial charge is 0.390 e. The monoisotopic (exact) mass is 567 g/mol. The molecule has 1 unspecified atom stereocenters. The molecule has 1 aromatic carbocycles. The number of piperidine rings is 1. The third-order valence-electron chi connectivity index (χ3n) is 6.76. The zero-order valence-corrected chi connectivity index (χ0v) is 21.9. The van der Waals surface area contributed by atoms with Gasteiger partial charge in [-0.3, -0.25) is 18.7 Å². The van der Waals surface area contributed by atoms with Gasteiger partial charge in [0, 0.05) is 13.0 Å². The SMILES string of the molecule is Cc1c(C(=O)OC(=O)CC2CCNCC2)sc2c1c(=O)n(CC(O)c1ccccc1)c(=O)n2CCC(F)(F)F. The second-order valence-electron chi connectivity index (χ2n) is 9.54. The van der Waals surface area contributed by atoms with Crippen LogP contribution in [0, 0.1) is 12.8 Å². The summed E-state index contributed by atoms with van der Waals surface area (Å²) in [5, 5.41) is 13.7. The van der Waals surface area contributed by atoms with Crippen LogP contribution in [0.3, 0.4) is 0 Å². The smallest absolute Gasteiger partial charge is 0.389 e. The number of hydrogen-bond acceptors (Lipinski definition) is 8. The number of esters is 2. The average molecular weight is 568 g/mol. The van der Waals surface area contributed by atoms with Crippen LogP contribution in [0.1, 0.15) is 52.6 Å². The van der Waals surface area contributed by atoms with E-state index in [9.17, 15) is 37.5 Å². The van der Waals surface area contributed by atoms with E-state index in [4.69, 9.17) is 4.74 Å². The number of hydrogen-bond donors (Lipinski definition) is 2. The molecule has 0 radical (unpaired) electrons. The molecular formula is C26H28F3N3O6S. The summed E-state index contributed by atoms with van der Waals surface area (Å²) in [6.45, 7) is 1.60. The fourth-order valence-electron chi connectivity index (χ4n) is 4.65. The van der Waals surface area contributed by atoms with Crippen molar-refractivity contribution in [1.82, 2.24) is 14.5 Å². The van der Waals surface area contributed by atoms with Gasteiger partial charge in [0.1, 0.15) is 9.71 Å². The fraction of sp³-hybridized carbons (Fsp3) is 0.462. The predicted octanol–water partition coefficient (Wildman–Crippen LogP) is 3.29. The van der Waals surface area contributed by atoms with Crippen LogP contribution < -0.4 is 16.6 Å². The summed E-state index contributed by atoms with van der Waals surface area (Å²) in [5.74, 6) is -1.70. The first-order chi connectivity index (χ1) is 18.5. The van der Waals surface area contributed by atoms with Crippen molar-refractivity contribution in [2.45, 2.75) is 58.0 Å². The van der Waals surface area contributed by atoms with Gasteiger partial charge in [-0.1, -0.05) is 30.3 Å². The molecule has 0 saturated carbocycles. The molecule has 0 spiro atoms. The molecule has 1 aliphatic heterocycles. The van der Waals surface area contributed by atoms with Crippen LogP contribution in [0.5, 0.6) is 0 Å². The Labute approximate surface area is 224 Å². The lowest BCUT2D eigenvalue weighted by atomic mass is 9.95. The van der Waals surface area contributed by atoms with Gasteiger partial charge in [-0.15, -0.1) is 11.3 Å². The first-order valence-corrected chi connectivity index (χ1v) is 13.3. The molecule has 210 valence electrons. The summed E-state index contributed by atoms with van der Waals surface area (Å²) in [6.07, 6.45) is -5.69. The quantitative estimate of drug-likeness (QED) is 0.317. The Morgan fingerprint density at radius 3 is 2.46 bits per heavy atom. The highest BCUT2D eigenvalue weighted by atomic mass is 32.1. The van der Waals surface area contributed by atoms with E-state index < -0.39 is 55.0 Å². The van der Waals surface area contributed by atoms with Gasteiger partial charge in [-0.2, -0.15) is 13.2 Å². The van der Waals surface area contributed by atoms with Crippen molar-refractivity contribution in [3.05, 3.63) is 67.2 Å². The van der Waals surface area contributed by atoms with Gasteiger partial charge < -0.3 is 15.2 Å². The molecule has 2 aromatic heterocycles. The average Bonchev–Trinajstić information content (AvgIpc) is 3.23. The predicted molar refractivity (Wildman–Crippen MR) is 138 cm³/mol. The summed E-state index contributed by atoms with van der Waals surface area (Å²) in [4.78, 5) is 51.7. The number of aromatic nitrogens is 2. The maximum Gasteiger partial charge on any atom is 0.390 e. The molecule has 1 saturated heterocycles. The number of aliphatic hydroxyl groups excluding tert-OH is 1. The highest BCUT2D eigenvalue weighted by molar-refractivity contribution is 7.20. The number of ether oxygens (including phenoxy) is 1. The summed E-state index contributed by atoms with van der Waals surface area (Å²) in [6, 6.07) is 8.19. The summed E-state index contributed by atoms with van der Waals surface area (Å²) in [5.41, 5.74) is -1.41. The maximum absolute atomic E-state index is 13.4. The van der Waals surface area contributed by atoms with E-state index in [1.54, 1.807) is 30.3 Å². The van der Waals surface area contributed by atoms with Gasteiger partial charge in [0.15, 0.2) is 0 Å². The van der Waals surface area contributed by atoms with Crippen molar-refractivity contribution >= 4 is 33.5 Å². The molecule has 3 heterocycles. The number of aryl methyl sites for hydroxylation is 2. The second kappa shape index (κ2) is 11.8. The Bertz CT molecular complexity index is 1470. The molecule has 0 bridgehead atoms. The van der Waals surface area contributed by atoms with Crippen LogP contribution in [-0.2, 0) is 22.6 Å². The van der Waals surface area contributed by atoms with Crippen molar-refractivity contribution in [3.8, 4) is 0 Å². The minimum atomic E-state index is -4.59. The molecule has 2 N–H and O–H groups in total. The number of nitrogens with zero attached hydrogens (tertiary/aromatic N) is 2. The zero-order valence-electron chi connectivity index (χ0n) is 21.1. The Morgan fingerprint density at radius 1 is 1.15 bits per heavy atom. The zero-order chi connectivity index (χ0) is 28.3. The molecule has 0 amide bonds. The number of thiophene rings is 1. The van der Waals surface area contributed by atoms with Crippen molar-refractivity contribution in [2.75, 3.05) is 13.1 Å². The third-order valence-corrected chi connectivity index (χ3v) is 8.05. The lowest BCUT2D eigenvalue weighted by molar-refractivity contribution is -0.139. The topological polar surface area (TPSA) is 120 Å². The van der Waals surface area contributed by atoms with Gasteiger partial charge in [0.2, 0.25) is 0 Å². The highest BCUT2D eigenvalue weighted by Crippen LogP contribution is 2.30. The number of rotatable bonds is 8. The fourth-order valence-corrected chi connectivity index (χ4v) is 5.85. The third kappa shape index (κ3) is 6.65. The molecule has 9 nitrogen and oxygen atoms in total. The van der Waals surface area contributed by atoms with Crippen LogP contribution in [0.15, 0.2) is 39.9 Å². The van der Waals surface area contributed by atoms with Gasteiger partial charge >= 0.3 is 23.8 Å². The normalized spacial score (nSPS) is 15.4. The number of fused-ring (bicyclic) bond motifs is 1. The van der Waals surface area contributed by atoms with E-state index >= 15 is 0 Å². The Morgan fingerprint density at radius 2 is 1.82 bits per heavy atom. The van der Waals surface area contributed by atoms with Crippen molar-refractivity contribution in [1.29, 1.82) is 0 Å². The number of aliphatic hydroxyl groups is 1. The summed E-state index contributed by atoms with van der Waals surface area (Å²) >= 11 is 0.633. The van der Waals surface area contributed by atoms with Crippen molar-refractivity contribution in [3.63, 3.8) is 0 Å². The molecule has 1 fully saturated rings. The molecule has 1 atom stereocenters. The van der Waals surface area contributed by atoms with E-state index in [2.05, 4.69) is 5.32 Å². The Balaban J connectivity index is 1.72. The Kier molecular flexibility index (Phi) is 8.72. The summed E-state index contributed by atoms with van der Waals surface area (Å²) < 4.78 is 45.8. The summed E-state index contributed by atoms with van der Waals surface area (Å²) in [7, 11) is 0. The van der Waals surface area contributed by atoms with E-state index in [0.29, 0.717) is 21.5 Å². The maximum atomic E-state index is 13.4. The van der Waals surface area contributed by atoms with E-state index in [1.165, 1.54) is 6.92 Å². The number of carbonyl (C=O) groups excluding carboxylic acids is 2. The number of nitrogens with one attached hydrogen (secondary N) is 1. The van der Waals surface area contributed by atoms with Crippen molar-refractivity contribution in [2.24, 2.45) is 5.92 Å². The van der Waals surface area contributed by atoms with E-state index in [-0.39, 0.29) is 33.0 Å². The lowest BCUT2D eigenvalue weighted by Gasteiger charge is -2.21. The van der Waals surface area contributed by atoms with Crippen LogP contribution in [0.2, 0.25) is 0 Å². The van der Waals surface area contributed by atoms with Crippen LogP contribution in [0.4, 0.5) is 13.2 Å². The molecule has 4 rings (SSSR count). The van der Waals surface area contributed by atoms with Crippen LogP contribution in [-0.4, -0.2) is 45.4 Å². The first-order valence-electron chi connectivity index (χ1n) is 12.5. The molecule has 1 aliphatic rings. The number of halogens is 3. The second-order valence-corrected chi connectivity index (χ2v) is 10.5. The van der Waals surface area contributed by atoms with Gasteiger partial charge in [0.25, 0.3) is 5.56 Å². The van der Waals surface area contributed by atoms with Crippen LogP contribution in [0.25, 0.3) is 10.2 Å². The molecule has 39 heavy (non-hydrogen) atoms. The van der Waals surface area contributed by atoms with Gasteiger partial charge in [-0.05, 0) is 49.9 Å². The molecule has 13 heteroatoms. The number of carbonyl (C=O) groups is 2. The lowest BCUT2D eigenvalue weighted by Crippen LogP contribution is -2.41. The minimum absolute atomic E-state index is 0.0395. The molecule has 0 aliphatic carbocycles. The Hall–Kier alpha value is -3.29. The number of benzene rings is 1. The standard InChI is InChI=1S/C26H28F3N3O6S/c1-15-20-22(35)32(14-18(33)17-5-3-2-4-6-17)25(37)31(12-9-26(27,28)29)23(20)39-21(15)24(36)38-19(34)13-16-7-10-30-11-8-16/h2-6,16,18,30,33H,7-14H2,1H3.